The van der Waals surface area contributed by atoms with Crippen molar-refractivity contribution in [3.05, 3.63) is 0 Å². The Morgan fingerprint density at radius 3 is 2.38 bits per heavy atom. The first-order chi connectivity index (χ1) is 7.65. The van der Waals surface area contributed by atoms with Gasteiger partial charge >= 0.3 is 11.9 Å². The minimum absolute atomic E-state index is 0.0590. The molecule has 2 N–H and O–H groups in total. The first-order valence-corrected chi connectivity index (χ1v) is 4.96. The minimum Gasteiger partial charge on any atom is -0.367 e. The van der Waals surface area contributed by atoms with Crippen LogP contribution in [-0.4, -0.2) is 35.2 Å². The summed E-state index contributed by atoms with van der Waals surface area (Å²) in [6.07, 6.45) is 0.506. The third-order valence-electron chi connectivity index (χ3n) is 1.92. The SMILES string of the molecule is CCOC(CCCCC(=O)OO)C(=O)OO. The van der Waals surface area contributed by atoms with Gasteiger partial charge in [0, 0.05) is 13.0 Å². The second-order valence-electron chi connectivity index (χ2n) is 3.06. The summed E-state index contributed by atoms with van der Waals surface area (Å²) in [5.74, 6) is -1.58. The van der Waals surface area contributed by atoms with Gasteiger partial charge in [-0.1, -0.05) is 0 Å². The lowest BCUT2D eigenvalue weighted by atomic mass is 10.1. The molecule has 0 rings (SSSR count). The van der Waals surface area contributed by atoms with Gasteiger partial charge in [-0.15, -0.1) is 0 Å². The van der Waals surface area contributed by atoms with E-state index in [1.54, 1.807) is 6.92 Å². The molecule has 0 amide bonds. The Morgan fingerprint density at radius 1 is 1.19 bits per heavy atom. The fraction of sp³-hybridized carbons (Fsp3) is 0.778. The van der Waals surface area contributed by atoms with Crippen molar-refractivity contribution in [2.24, 2.45) is 0 Å². The summed E-state index contributed by atoms with van der Waals surface area (Å²) >= 11 is 0. The van der Waals surface area contributed by atoms with Crippen molar-refractivity contribution in [3.8, 4) is 0 Å². The molecule has 16 heavy (non-hydrogen) atoms. The van der Waals surface area contributed by atoms with Crippen LogP contribution in [0.1, 0.15) is 32.6 Å². The minimum atomic E-state index is -0.855. The van der Waals surface area contributed by atoms with Gasteiger partial charge < -0.3 is 9.62 Å². The summed E-state index contributed by atoms with van der Waals surface area (Å²) in [5, 5.41) is 16.2. The third kappa shape index (κ3) is 6.33. The lowest BCUT2D eigenvalue weighted by Gasteiger charge is -2.12. The van der Waals surface area contributed by atoms with Crippen LogP contribution >= 0.6 is 0 Å². The monoisotopic (exact) mass is 236 g/mol. The van der Waals surface area contributed by atoms with E-state index in [0.29, 0.717) is 25.9 Å². The first-order valence-electron chi connectivity index (χ1n) is 4.96. The maximum Gasteiger partial charge on any atom is 0.370 e. The Balaban J connectivity index is 3.76. The van der Waals surface area contributed by atoms with Gasteiger partial charge in [0.1, 0.15) is 0 Å². The molecule has 1 atom stereocenters. The number of rotatable bonds is 8. The van der Waals surface area contributed by atoms with Crippen LogP contribution < -0.4 is 0 Å². The van der Waals surface area contributed by atoms with Crippen LogP contribution in [0.3, 0.4) is 0 Å². The van der Waals surface area contributed by atoms with Gasteiger partial charge in [0.25, 0.3) is 0 Å². The van der Waals surface area contributed by atoms with Gasteiger partial charge in [0.05, 0.1) is 0 Å². The lowest BCUT2D eigenvalue weighted by Crippen LogP contribution is -2.25. The molecular formula is C9H16O7. The van der Waals surface area contributed by atoms with Crippen molar-refractivity contribution in [1.82, 2.24) is 0 Å². The van der Waals surface area contributed by atoms with Crippen LogP contribution in [0.4, 0.5) is 0 Å². The third-order valence-corrected chi connectivity index (χ3v) is 1.92. The van der Waals surface area contributed by atoms with Gasteiger partial charge in [-0.2, -0.15) is 10.5 Å². The van der Waals surface area contributed by atoms with E-state index in [0.717, 1.165) is 0 Å². The molecule has 0 aromatic rings. The fourth-order valence-electron chi connectivity index (χ4n) is 1.17. The van der Waals surface area contributed by atoms with Gasteiger partial charge in [-0.25, -0.2) is 9.59 Å². The molecule has 7 nitrogen and oxygen atoms in total. The van der Waals surface area contributed by atoms with Crippen LogP contribution in [0.2, 0.25) is 0 Å². The molecule has 0 radical (unpaired) electrons. The Bertz CT molecular complexity index is 216. The van der Waals surface area contributed by atoms with E-state index >= 15 is 0 Å². The molecule has 0 aromatic heterocycles. The van der Waals surface area contributed by atoms with Crippen molar-refractivity contribution in [2.75, 3.05) is 6.61 Å². The molecule has 94 valence electrons. The van der Waals surface area contributed by atoms with E-state index in [2.05, 4.69) is 9.78 Å². The Hall–Kier alpha value is -1.18. The standard InChI is InChI=1S/C9H16O7/c1-2-14-7(9(11)16-13)5-3-4-6-8(10)15-12/h7,12-13H,2-6H2,1H3. The zero-order chi connectivity index (χ0) is 12.4. The summed E-state index contributed by atoms with van der Waals surface area (Å²) in [6.45, 7) is 2.03. The van der Waals surface area contributed by atoms with Crippen molar-refractivity contribution in [2.45, 2.75) is 38.7 Å². The summed E-state index contributed by atoms with van der Waals surface area (Å²) in [7, 11) is 0. The number of carbonyl (C=O) groups is 2. The molecule has 0 heterocycles. The van der Waals surface area contributed by atoms with Crippen LogP contribution in [-0.2, 0) is 24.1 Å². The highest BCUT2D eigenvalue weighted by Crippen LogP contribution is 2.09. The van der Waals surface area contributed by atoms with E-state index in [9.17, 15) is 9.59 Å². The van der Waals surface area contributed by atoms with Crippen LogP contribution in [0.15, 0.2) is 0 Å². The van der Waals surface area contributed by atoms with E-state index < -0.39 is 18.0 Å². The second kappa shape index (κ2) is 9.08. The quantitative estimate of drug-likeness (QED) is 0.368. The zero-order valence-corrected chi connectivity index (χ0v) is 9.05. The summed E-state index contributed by atoms with van der Waals surface area (Å²) in [6, 6.07) is 0. The van der Waals surface area contributed by atoms with Gasteiger partial charge in [-0.05, 0) is 26.2 Å². The van der Waals surface area contributed by atoms with Crippen LogP contribution in [0.25, 0.3) is 0 Å². The van der Waals surface area contributed by atoms with Gasteiger partial charge in [0.15, 0.2) is 6.10 Å². The van der Waals surface area contributed by atoms with Crippen molar-refractivity contribution < 1.29 is 34.6 Å². The summed E-state index contributed by atoms with van der Waals surface area (Å²) in [5.41, 5.74) is 0. The topological polar surface area (TPSA) is 102 Å². The van der Waals surface area contributed by atoms with E-state index in [-0.39, 0.29) is 6.42 Å². The highest BCUT2D eigenvalue weighted by Gasteiger charge is 2.20. The molecule has 0 saturated carbocycles. The van der Waals surface area contributed by atoms with E-state index in [1.165, 1.54) is 0 Å². The Morgan fingerprint density at radius 2 is 1.88 bits per heavy atom. The number of ether oxygens (including phenoxy) is 1. The molecule has 0 fully saturated rings. The Labute approximate surface area is 92.8 Å². The number of unbranched alkanes of at least 4 members (excludes halogenated alkanes) is 1. The molecule has 0 saturated heterocycles. The number of hydrogen-bond donors (Lipinski definition) is 2. The van der Waals surface area contributed by atoms with Crippen molar-refractivity contribution in [1.29, 1.82) is 0 Å². The highest BCUT2D eigenvalue weighted by atomic mass is 17.1. The molecule has 0 aromatic carbocycles. The predicted molar refractivity (Wildman–Crippen MR) is 51.3 cm³/mol. The average Bonchev–Trinajstić information content (AvgIpc) is 2.31. The number of carbonyl (C=O) groups excluding carboxylic acids is 2. The maximum absolute atomic E-state index is 11.0. The summed E-state index contributed by atoms with van der Waals surface area (Å²) in [4.78, 5) is 28.5. The second-order valence-corrected chi connectivity index (χ2v) is 3.06. The molecule has 0 aliphatic rings. The highest BCUT2D eigenvalue weighted by molar-refractivity contribution is 5.73. The normalized spacial score (nSPS) is 11.9. The van der Waals surface area contributed by atoms with Gasteiger partial charge in [-0.3, -0.25) is 4.89 Å². The molecule has 0 spiro atoms. The average molecular weight is 236 g/mol. The van der Waals surface area contributed by atoms with E-state index in [1.807, 2.05) is 0 Å². The molecule has 1 unspecified atom stereocenters. The van der Waals surface area contributed by atoms with Crippen molar-refractivity contribution in [3.63, 3.8) is 0 Å². The zero-order valence-electron chi connectivity index (χ0n) is 9.05. The largest absolute Gasteiger partial charge is 0.370 e. The molecule has 0 aliphatic carbocycles. The number of hydrogen-bond acceptors (Lipinski definition) is 7. The molecule has 0 bridgehead atoms. The first kappa shape index (κ1) is 14.8. The summed E-state index contributed by atoms with van der Waals surface area (Å²) < 4.78 is 5.03. The molecule has 0 aliphatic heterocycles. The predicted octanol–water partition coefficient (Wildman–Crippen LogP) is 0.984. The van der Waals surface area contributed by atoms with Crippen molar-refractivity contribution >= 4 is 11.9 Å². The van der Waals surface area contributed by atoms with Crippen LogP contribution in [0, 0.1) is 0 Å². The smallest absolute Gasteiger partial charge is 0.367 e. The Kier molecular flexibility index (Phi) is 8.41. The van der Waals surface area contributed by atoms with E-state index in [4.69, 9.17) is 15.3 Å². The molecular weight excluding hydrogens is 220 g/mol. The fourth-order valence-corrected chi connectivity index (χ4v) is 1.17. The van der Waals surface area contributed by atoms with Crippen LogP contribution in [0.5, 0.6) is 0 Å². The lowest BCUT2D eigenvalue weighted by molar-refractivity contribution is -0.244. The molecule has 7 heteroatoms. The maximum atomic E-state index is 11.0. The van der Waals surface area contributed by atoms with Gasteiger partial charge in [0.2, 0.25) is 0 Å².